The molecule has 0 spiro atoms. The summed E-state index contributed by atoms with van der Waals surface area (Å²) in [6.07, 6.45) is 3.66. The predicted octanol–water partition coefficient (Wildman–Crippen LogP) is 1.96. The number of hydrogen-bond donors (Lipinski definition) is 2. The lowest BCUT2D eigenvalue weighted by molar-refractivity contribution is 0.123. The first-order valence-electron chi connectivity index (χ1n) is 8.41. The molecule has 1 heterocycles. The van der Waals surface area contributed by atoms with Gasteiger partial charge in [0.1, 0.15) is 0 Å². The van der Waals surface area contributed by atoms with E-state index in [0.717, 1.165) is 50.3 Å². The number of rotatable bonds is 10. The van der Waals surface area contributed by atoms with Crippen LogP contribution in [0.2, 0.25) is 0 Å². The Kier molecular flexibility index (Phi) is 7.66. The minimum Gasteiger partial charge on any atom is -0.481 e. The Labute approximate surface area is 138 Å². The highest BCUT2D eigenvalue weighted by molar-refractivity contribution is 5.79. The summed E-state index contributed by atoms with van der Waals surface area (Å²) < 4.78 is 10.8. The Hall–Kier alpha value is -1.82. The van der Waals surface area contributed by atoms with Crippen molar-refractivity contribution in [2.75, 3.05) is 33.4 Å². The molecule has 2 N–H and O–H groups in total. The lowest BCUT2D eigenvalue weighted by Crippen LogP contribution is -2.38. The van der Waals surface area contributed by atoms with Crippen molar-refractivity contribution in [3.8, 4) is 5.88 Å². The predicted molar refractivity (Wildman–Crippen MR) is 91.8 cm³/mol. The Balaban J connectivity index is 1.69. The number of pyridine rings is 1. The van der Waals surface area contributed by atoms with Gasteiger partial charge >= 0.3 is 0 Å². The Morgan fingerprint density at radius 3 is 2.96 bits per heavy atom. The maximum atomic E-state index is 5.63. The van der Waals surface area contributed by atoms with Gasteiger partial charge < -0.3 is 20.1 Å². The van der Waals surface area contributed by atoms with E-state index in [1.807, 2.05) is 18.2 Å². The number of hydrogen-bond acceptors (Lipinski definition) is 4. The number of methoxy groups -OCH3 is 1. The largest absolute Gasteiger partial charge is 0.481 e. The molecule has 6 nitrogen and oxygen atoms in total. The van der Waals surface area contributed by atoms with E-state index in [1.54, 1.807) is 7.11 Å². The molecule has 0 aliphatic heterocycles. The lowest BCUT2D eigenvalue weighted by Gasteiger charge is -2.11. The molecule has 0 radical (unpaired) electrons. The van der Waals surface area contributed by atoms with Gasteiger partial charge in [0.2, 0.25) is 5.88 Å². The van der Waals surface area contributed by atoms with Crippen molar-refractivity contribution in [2.45, 2.75) is 32.7 Å². The summed E-state index contributed by atoms with van der Waals surface area (Å²) in [5, 5.41) is 6.56. The summed E-state index contributed by atoms with van der Waals surface area (Å²) in [7, 11) is 1.62. The first kappa shape index (κ1) is 17.5. The number of nitrogens with one attached hydrogen (secondary N) is 2. The standard InChI is InChI=1S/C17H28N4O2/c1-3-18-17(19-10-5-11-23-13-14-8-9-14)20-12-15-6-4-7-16(21-15)22-2/h4,6-7,14H,3,5,8-13H2,1-2H3,(H2,18,19,20). The fraction of sp³-hybridized carbons (Fsp3) is 0.647. The van der Waals surface area contributed by atoms with E-state index in [2.05, 4.69) is 27.5 Å². The maximum absolute atomic E-state index is 5.63. The van der Waals surface area contributed by atoms with E-state index < -0.39 is 0 Å². The highest BCUT2D eigenvalue weighted by atomic mass is 16.5. The van der Waals surface area contributed by atoms with Gasteiger partial charge in [-0.05, 0) is 38.2 Å². The fourth-order valence-corrected chi connectivity index (χ4v) is 2.08. The van der Waals surface area contributed by atoms with Gasteiger partial charge in [-0.1, -0.05) is 6.07 Å². The molecule has 2 rings (SSSR count). The summed E-state index contributed by atoms with van der Waals surface area (Å²) >= 11 is 0. The van der Waals surface area contributed by atoms with Crippen LogP contribution in [0.4, 0.5) is 0 Å². The molecule has 0 aromatic carbocycles. The van der Waals surface area contributed by atoms with Crippen LogP contribution in [0.5, 0.6) is 5.88 Å². The van der Waals surface area contributed by atoms with Gasteiger partial charge in [-0.25, -0.2) is 9.98 Å². The molecular formula is C17H28N4O2. The smallest absolute Gasteiger partial charge is 0.213 e. The molecule has 1 saturated carbocycles. The van der Waals surface area contributed by atoms with Gasteiger partial charge in [-0.3, -0.25) is 0 Å². The Morgan fingerprint density at radius 2 is 2.22 bits per heavy atom. The summed E-state index contributed by atoms with van der Waals surface area (Å²) in [5.74, 6) is 2.25. The molecule has 0 atom stereocenters. The number of nitrogens with zero attached hydrogens (tertiary/aromatic N) is 2. The third kappa shape index (κ3) is 7.32. The monoisotopic (exact) mass is 320 g/mol. The Morgan fingerprint density at radius 1 is 1.35 bits per heavy atom. The van der Waals surface area contributed by atoms with Crippen molar-refractivity contribution in [2.24, 2.45) is 10.9 Å². The second-order valence-electron chi connectivity index (χ2n) is 5.67. The molecule has 1 fully saturated rings. The van der Waals surface area contributed by atoms with Crippen molar-refractivity contribution in [3.63, 3.8) is 0 Å². The Bertz CT molecular complexity index is 489. The van der Waals surface area contributed by atoms with Crippen LogP contribution in [0, 0.1) is 5.92 Å². The van der Waals surface area contributed by atoms with E-state index in [9.17, 15) is 0 Å². The zero-order valence-corrected chi connectivity index (χ0v) is 14.2. The quantitative estimate of drug-likeness (QED) is 0.392. The van der Waals surface area contributed by atoms with Crippen LogP contribution in [0.15, 0.2) is 23.2 Å². The third-order valence-corrected chi connectivity index (χ3v) is 3.54. The molecule has 1 aliphatic rings. The van der Waals surface area contributed by atoms with Crippen molar-refractivity contribution in [1.82, 2.24) is 15.6 Å². The van der Waals surface area contributed by atoms with Gasteiger partial charge in [0, 0.05) is 32.4 Å². The minimum atomic E-state index is 0.519. The molecule has 0 unspecified atom stereocenters. The van der Waals surface area contributed by atoms with Crippen LogP contribution in [0.25, 0.3) is 0 Å². The molecule has 1 aromatic heterocycles. The van der Waals surface area contributed by atoms with Gasteiger partial charge in [0.25, 0.3) is 0 Å². The van der Waals surface area contributed by atoms with Crippen LogP contribution < -0.4 is 15.4 Å². The lowest BCUT2D eigenvalue weighted by atomic mass is 10.3. The molecule has 1 aliphatic carbocycles. The summed E-state index contributed by atoms with van der Waals surface area (Å²) in [4.78, 5) is 8.91. The van der Waals surface area contributed by atoms with Crippen LogP contribution in [0.3, 0.4) is 0 Å². The highest BCUT2D eigenvalue weighted by Crippen LogP contribution is 2.28. The molecular weight excluding hydrogens is 292 g/mol. The molecule has 128 valence electrons. The van der Waals surface area contributed by atoms with Crippen LogP contribution >= 0.6 is 0 Å². The number of ether oxygens (including phenoxy) is 2. The average molecular weight is 320 g/mol. The molecule has 23 heavy (non-hydrogen) atoms. The van der Waals surface area contributed by atoms with Crippen LogP contribution in [-0.2, 0) is 11.3 Å². The number of aliphatic imine (C=N–C) groups is 1. The second kappa shape index (κ2) is 10.0. The normalized spacial score (nSPS) is 14.6. The van der Waals surface area contributed by atoms with E-state index in [4.69, 9.17) is 9.47 Å². The molecule has 0 amide bonds. The topological polar surface area (TPSA) is 67.8 Å². The van der Waals surface area contributed by atoms with Gasteiger partial charge in [-0.15, -0.1) is 0 Å². The second-order valence-corrected chi connectivity index (χ2v) is 5.67. The SMILES string of the molecule is CCNC(=NCc1cccc(OC)n1)NCCCOCC1CC1. The first-order chi connectivity index (χ1) is 11.3. The number of guanidine groups is 1. The summed E-state index contributed by atoms with van der Waals surface area (Å²) in [6.45, 7) is 5.98. The van der Waals surface area contributed by atoms with Gasteiger partial charge in [0.15, 0.2) is 5.96 Å². The number of aromatic nitrogens is 1. The first-order valence-corrected chi connectivity index (χ1v) is 8.41. The fourth-order valence-electron chi connectivity index (χ4n) is 2.08. The zero-order chi connectivity index (χ0) is 16.3. The van der Waals surface area contributed by atoms with E-state index in [-0.39, 0.29) is 0 Å². The molecule has 0 bridgehead atoms. The third-order valence-electron chi connectivity index (χ3n) is 3.54. The maximum Gasteiger partial charge on any atom is 0.213 e. The van der Waals surface area contributed by atoms with Gasteiger partial charge in [-0.2, -0.15) is 0 Å². The van der Waals surface area contributed by atoms with Crippen molar-refractivity contribution < 1.29 is 9.47 Å². The highest BCUT2D eigenvalue weighted by Gasteiger charge is 2.20. The van der Waals surface area contributed by atoms with Crippen molar-refractivity contribution >= 4 is 5.96 Å². The van der Waals surface area contributed by atoms with E-state index >= 15 is 0 Å². The van der Waals surface area contributed by atoms with Crippen LogP contribution in [-0.4, -0.2) is 44.4 Å². The van der Waals surface area contributed by atoms with Gasteiger partial charge in [0.05, 0.1) is 19.3 Å². The van der Waals surface area contributed by atoms with E-state index in [0.29, 0.717) is 12.4 Å². The molecule has 1 aromatic rings. The van der Waals surface area contributed by atoms with Crippen LogP contribution in [0.1, 0.15) is 31.9 Å². The van der Waals surface area contributed by atoms with Crippen molar-refractivity contribution in [3.05, 3.63) is 23.9 Å². The van der Waals surface area contributed by atoms with E-state index in [1.165, 1.54) is 12.8 Å². The summed E-state index contributed by atoms with van der Waals surface area (Å²) in [6, 6.07) is 5.70. The average Bonchev–Trinajstić information content (AvgIpc) is 3.40. The zero-order valence-electron chi connectivity index (χ0n) is 14.2. The van der Waals surface area contributed by atoms with Crippen molar-refractivity contribution in [1.29, 1.82) is 0 Å². The minimum absolute atomic E-state index is 0.519. The molecule has 0 saturated heterocycles. The summed E-state index contributed by atoms with van der Waals surface area (Å²) in [5.41, 5.74) is 0.884. The molecule has 6 heteroatoms.